The van der Waals surface area contributed by atoms with Crippen LogP contribution in [0, 0.1) is 18.3 Å². The van der Waals surface area contributed by atoms with Crippen molar-refractivity contribution in [2.45, 2.75) is 45.1 Å². The third-order valence-corrected chi connectivity index (χ3v) is 5.31. The molecule has 1 aromatic heterocycles. The predicted molar refractivity (Wildman–Crippen MR) is 100 cm³/mol. The van der Waals surface area contributed by atoms with Crippen LogP contribution in [0.15, 0.2) is 18.2 Å². The lowest BCUT2D eigenvalue weighted by molar-refractivity contribution is -0.149. The molecule has 0 bridgehead atoms. The molecule has 1 atom stereocenters. The highest BCUT2D eigenvalue weighted by atomic mass is 35.5. The predicted octanol–water partition coefficient (Wildman–Crippen LogP) is 4.60. The monoisotopic (exact) mass is 372 g/mol. The summed E-state index contributed by atoms with van der Waals surface area (Å²) in [6.07, 6.45) is 5.68. The van der Waals surface area contributed by atoms with E-state index in [0.29, 0.717) is 42.0 Å². The molecular weight excluding hydrogens is 352 g/mol. The molecule has 0 saturated carbocycles. The quantitative estimate of drug-likeness (QED) is 0.751. The van der Waals surface area contributed by atoms with Crippen molar-refractivity contribution in [3.05, 3.63) is 45.6 Å². The fourth-order valence-corrected chi connectivity index (χ4v) is 4.19. The first-order chi connectivity index (χ1) is 12.4. The number of carboxylic acid groups (broad SMARTS) is 1. The molecule has 0 fully saturated rings. The second-order valence-corrected chi connectivity index (χ2v) is 7.07. The third-order valence-electron chi connectivity index (χ3n) is 5.02. The van der Waals surface area contributed by atoms with Gasteiger partial charge in [-0.05, 0) is 50.3 Å². The van der Waals surface area contributed by atoms with Crippen LogP contribution in [-0.4, -0.2) is 22.7 Å². The first kappa shape index (κ1) is 18.5. The van der Waals surface area contributed by atoms with E-state index >= 15 is 0 Å². The Hall–Kier alpha value is -2.29. The van der Waals surface area contributed by atoms with Crippen LogP contribution in [-0.2, 0) is 21.6 Å². The number of aromatic amines is 1. The molecule has 136 valence electrons. The highest BCUT2D eigenvalue weighted by Gasteiger charge is 2.42. The number of ether oxygens (including phenoxy) is 1. The Balaban J connectivity index is 2.27. The number of aliphatic carboxylic acids is 1. The molecule has 0 radical (unpaired) electrons. The number of halogens is 1. The van der Waals surface area contributed by atoms with E-state index in [1.165, 1.54) is 0 Å². The first-order valence-corrected chi connectivity index (χ1v) is 9.02. The summed E-state index contributed by atoms with van der Waals surface area (Å²) in [7, 11) is 0. The average molecular weight is 373 g/mol. The molecule has 1 aromatic carbocycles. The smallest absolute Gasteiger partial charge is 0.306 e. The average Bonchev–Trinajstić information content (AvgIpc) is 2.97. The summed E-state index contributed by atoms with van der Waals surface area (Å²) in [6, 6.07) is 4.04. The normalized spacial score (nSPS) is 19.6. The number of hydrogen-bond acceptors (Lipinski definition) is 3. The van der Waals surface area contributed by atoms with E-state index in [4.69, 9.17) is 16.3 Å². The number of H-pyrrole nitrogens is 1. The van der Waals surface area contributed by atoms with Gasteiger partial charge in [0.2, 0.25) is 0 Å². The Morgan fingerprint density at radius 1 is 1.58 bits per heavy atom. The van der Waals surface area contributed by atoms with Crippen LogP contribution in [0.5, 0.6) is 0 Å². The van der Waals surface area contributed by atoms with Crippen molar-refractivity contribution in [3.8, 4) is 6.07 Å². The molecule has 2 aromatic rings. The minimum Gasteiger partial charge on any atom is -0.481 e. The van der Waals surface area contributed by atoms with Crippen LogP contribution in [0.1, 0.15) is 48.6 Å². The third kappa shape index (κ3) is 3.00. The standard InChI is InChI=1S/C20H21ClN2O3/c1-3-4-5-7-20(10-16(24)25)19-13(6-8-26-20)17-14(11-22)12(2)9-15(21)18(17)23-19/h3-4,9,23H,5-8,10H2,1-2H3,(H,24,25). The molecule has 2 heterocycles. The molecule has 1 unspecified atom stereocenters. The molecule has 1 aliphatic heterocycles. The van der Waals surface area contributed by atoms with Crippen molar-refractivity contribution in [3.63, 3.8) is 0 Å². The number of nitrogens with zero attached hydrogens (tertiary/aromatic N) is 1. The number of nitriles is 1. The van der Waals surface area contributed by atoms with E-state index in [2.05, 4.69) is 11.1 Å². The van der Waals surface area contributed by atoms with Crippen molar-refractivity contribution < 1.29 is 14.6 Å². The first-order valence-electron chi connectivity index (χ1n) is 8.64. The molecule has 0 spiro atoms. The number of allylic oxidation sites excluding steroid dienone is 2. The number of carboxylic acids is 1. The lowest BCUT2D eigenvalue weighted by Gasteiger charge is -2.36. The maximum atomic E-state index is 11.6. The highest BCUT2D eigenvalue weighted by molar-refractivity contribution is 6.35. The van der Waals surface area contributed by atoms with Gasteiger partial charge in [0.15, 0.2) is 0 Å². The van der Waals surface area contributed by atoms with Gasteiger partial charge >= 0.3 is 5.97 Å². The van der Waals surface area contributed by atoms with Crippen LogP contribution in [0.4, 0.5) is 0 Å². The molecule has 0 saturated heterocycles. The maximum absolute atomic E-state index is 11.6. The van der Waals surface area contributed by atoms with E-state index in [1.807, 2.05) is 26.0 Å². The fraction of sp³-hybridized carbons (Fsp3) is 0.400. The number of aryl methyl sites for hydroxylation is 1. The zero-order valence-corrected chi connectivity index (χ0v) is 15.6. The minimum atomic E-state index is -0.943. The van der Waals surface area contributed by atoms with E-state index in [9.17, 15) is 15.2 Å². The molecule has 6 heteroatoms. The van der Waals surface area contributed by atoms with Crippen molar-refractivity contribution in [2.75, 3.05) is 6.61 Å². The minimum absolute atomic E-state index is 0.136. The van der Waals surface area contributed by atoms with Gasteiger partial charge in [0.1, 0.15) is 11.7 Å². The second-order valence-electron chi connectivity index (χ2n) is 6.66. The molecular formula is C20H21ClN2O3. The molecule has 2 N–H and O–H groups in total. The number of rotatable bonds is 5. The summed E-state index contributed by atoms with van der Waals surface area (Å²) in [5.74, 6) is -0.917. The number of hydrogen-bond donors (Lipinski definition) is 2. The Morgan fingerprint density at radius 2 is 2.35 bits per heavy atom. The largest absolute Gasteiger partial charge is 0.481 e. The van der Waals surface area contributed by atoms with Gasteiger partial charge in [-0.1, -0.05) is 23.8 Å². The van der Waals surface area contributed by atoms with Crippen LogP contribution >= 0.6 is 11.6 Å². The van der Waals surface area contributed by atoms with Crippen molar-refractivity contribution in [1.82, 2.24) is 4.98 Å². The molecule has 0 aliphatic carbocycles. The van der Waals surface area contributed by atoms with Gasteiger partial charge in [0.25, 0.3) is 0 Å². The Kier molecular flexibility index (Phi) is 5.08. The summed E-state index contributed by atoms with van der Waals surface area (Å²) in [6.45, 7) is 4.21. The topological polar surface area (TPSA) is 86.1 Å². The number of nitrogens with one attached hydrogen (secondary N) is 1. The van der Waals surface area contributed by atoms with Crippen LogP contribution in [0.2, 0.25) is 5.02 Å². The Morgan fingerprint density at radius 3 is 3.00 bits per heavy atom. The van der Waals surface area contributed by atoms with E-state index in [1.54, 1.807) is 6.07 Å². The van der Waals surface area contributed by atoms with E-state index in [0.717, 1.165) is 22.2 Å². The number of aromatic nitrogens is 1. The fourth-order valence-electron chi connectivity index (χ4n) is 3.88. The zero-order valence-electron chi connectivity index (χ0n) is 14.9. The van der Waals surface area contributed by atoms with Crippen LogP contribution in [0.3, 0.4) is 0 Å². The molecule has 26 heavy (non-hydrogen) atoms. The van der Waals surface area contributed by atoms with Gasteiger partial charge in [-0.3, -0.25) is 4.79 Å². The van der Waals surface area contributed by atoms with Gasteiger partial charge in [0, 0.05) is 5.39 Å². The second kappa shape index (κ2) is 7.14. The van der Waals surface area contributed by atoms with Gasteiger partial charge < -0.3 is 14.8 Å². The lowest BCUT2D eigenvalue weighted by Crippen LogP contribution is -2.38. The summed E-state index contributed by atoms with van der Waals surface area (Å²) in [5.41, 5.74) is 2.84. The summed E-state index contributed by atoms with van der Waals surface area (Å²) in [4.78, 5) is 14.9. The van der Waals surface area contributed by atoms with Gasteiger partial charge in [0.05, 0.1) is 34.8 Å². The van der Waals surface area contributed by atoms with Crippen molar-refractivity contribution >= 4 is 28.5 Å². The van der Waals surface area contributed by atoms with E-state index in [-0.39, 0.29) is 6.42 Å². The van der Waals surface area contributed by atoms with E-state index < -0.39 is 11.6 Å². The van der Waals surface area contributed by atoms with Crippen LogP contribution in [0.25, 0.3) is 10.9 Å². The lowest BCUT2D eigenvalue weighted by atomic mass is 9.84. The molecule has 3 rings (SSSR count). The molecule has 5 nitrogen and oxygen atoms in total. The highest BCUT2D eigenvalue weighted by Crippen LogP contribution is 2.44. The van der Waals surface area contributed by atoms with Gasteiger partial charge in [-0.25, -0.2) is 0 Å². The molecule has 0 amide bonds. The summed E-state index contributed by atoms with van der Waals surface area (Å²) >= 11 is 6.43. The van der Waals surface area contributed by atoms with Crippen molar-refractivity contribution in [1.29, 1.82) is 5.26 Å². The summed E-state index contributed by atoms with van der Waals surface area (Å²) < 4.78 is 6.05. The summed E-state index contributed by atoms with van der Waals surface area (Å²) in [5, 5.41) is 20.5. The van der Waals surface area contributed by atoms with Crippen molar-refractivity contribution in [2.24, 2.45) is 0 Å². The Labute approximate surface area is 157 Å². The number of benzene rings is 1. The number of carbonyl (C=O) groups is 1. The number of fused-ring (bicyclic) bond motifs is 3. The SMILES string of the molecule is CC=CCCC1(CC(=O)O)OCCc2c1[nH]c1c(Cl)cc(C)c(C#N)c21. The van der Waals surface area contributed by atoms with Gasteiger partial charge in [-0.2, -0.15) is 5.26 Å². The van der Waals surface area contributed by atoms with Crippen LogP contribution < -0.4 is 0 Å². The molecule has 1 aliphatic rings. The Bertz CT molecular complexity index is 939. The maximum Gasteiger partial charge on any atom is 0.306 e. The van der Waals surface area contributed by atoms with Gasteiger partial charge in [-0.15, -0.1) is 0 Å². The zero-order chi connectivity index (χ0) is 18.9.